The third kappa shape index (κ3) is 6.66. The standard InChI is InChI=1S/C20H21ClFN3O4.Li.H2O/c1-4-16(23-12(2)9-10-26)14-6-7-15(21)18(19(14)22)20(27)13-5-8-17(25(28)29)24(3)11-13;;/h5-8,11-12,16,23H,4,9H2,1-3H3;;1H2/q;+1;/p+1/t12?,16-;;/m1../s1. The fourth-order valence-electron chi connectivity index (χ4n) is 3.07. The van der Waals surface area contributed by atoms with E-state index in [1.54, 1.807) is 6.92 Å². The molecule has 0 bridgehead atoms. The molecule has 0 saturated carbocycles. The molecule has 2 atom stereocenters. The van der Waals surface area contributed by atoms with Gasteiger partial charge in [0.15, 0.2) is 6.20 Å². The summed E-state index contributed by atoms with van der Waals surface area (Å²) in [6, 6.07) is 4.73. The van der Waals surface area contributed by atoms with Crippen molar-refractivity contribution in [1.82, 2.24) is 5.32 Å². The minimum atomic E-state index is -0.759. The van der Waals surface area contributed by atoms with Crippen LogP contribution in [-0.2, 0) is 17.3 Å². The maximum atomic E-state index is 15.3. The molecule has 0 fully saturated rings. The summed E-state index contributed by atoms with van der Waals surface area (Å²) >= 11 is 6.12. The number of carbonyl (C=O) groups is 1. The number of ketones is 1. The molecule has 162 valence electrons. The molecule has 0 aliphatic rings. The molecule has 11 heteroatoms. The van der Waals surface area contributed by atoms with E-state index in [9.17, 15) is 19.7 Å². The molecule has 1 aromatic heterocycles. The predicted molar refractivity (Wildman–Crippen MR) is 110 cm³/mol. The van der Waals surface area contributed by atoms with Crippen molar-refractivity contribution in [2.24, 2.45) is 7.05 Å². The molecule has 0 aliphatic heterocycles. The van der Waals surface area contributed by atoms with E-state index < -0.39 is 22.6 Å². The molecule has 8 nitrogen and oxygen atoms in total. The average molecular weight is 448 g/mol. The van der Waals surface area contributed by atoms with Gasteiger partial charge in [-0.1, -0.05) is 31.5 Å². The number of benzene rings is 1. The second-order valence-corrected chi connectivity index (χ2v) is 7.08. The topological polar surface area (TPSA) is 126 Å². The number of nitro groups is 1. The number of carbonyl (C=O) groups excluding carboxylic acids is 2. The van der Waals surface area contributed by atoms with Crippen LogP contribution in [0.3, 0.4) is 0 Å². The molecule has 0 spiro atoms. The van der Waals surface area contributed by atoms with Gasteiger partial charge in [-0.05, 0) is 24.6 Å². The zero-order chi connectivity index (χ0) is 21.7. The van der Waals surface area contributed by atoms with Gasteiger partial charge in [-0.3, -0.25) is 21.2 Å². The number of nitrogens with one attached hydrogen (secondary N) is 1. The first-order valence-corrected chi connectivity index (χ1v) is 9.36. The molecule has 1 aromatic carbocycles. The van der Waals surface area contributed by atoms with E-state index in [1.807, 2.05) is 13.2 Å². The molecule has 0 amide bonds. The Kier molecular flexibility index (Phi) is 11.8. The average Bonchev–Trinajstić information content (AvgIpc) is 2.66. The number of hydrogen-bond acceptors (Lipinski definition) is 5. The van der Waals surface area contributed by atoms with Crippen LogP contribution in [0.1, 0.15) is 54.2 Å². The van der Waals surface area contributed by atoms with E-state index in [0.29, 0.717) is 6.42 Å². The van der Waals surface area contributed by atoms with Crippen molar-refractivity contribution in [3.63, 3.8) is 0 Å². The Hall–Kier alpha value is -2.15. The Morgan fingerprint density at radius 3 is 2.52 bits per heavy atom. The molecule has 0 saturated heterocycles. The van der Waals surface area contributed by atoms with Crippen molar-refractivity contribution in [3.8, 4) is 0 Å². The molecular formula is C20H24ClFLiN3O5+2. The van der Waals surface area contributed by atoms with Crippen molar-refractivity contribution in [2.45, 2.75) is 38.8 Å². The molecule has 0 aliphatic carbocycles. The zero-order valence-corrected chi connectivity index (χ0v) is 18.6. The van der Waals surface area contributed by atoms with Gasteiger partial charge in [-0.2, -0.15) is 0 Å². The fourth-order valence-corrected chi connectivity index (χ4v) is 3.30. The van der Waals surface area contributed by atoms with Gasteiger partial charge in [0, 0.05) is 11.6 Å². The summed E-state index contributed by atoms with van der Waals surface area (Å²) < 4.78 is 16.5. The minimum absolute atomic E-state index is 0. The van der Waals surface area contributed by atoms with Gasteiger partial charge >= 0.3 is 24.7 Å². The van der Waals surface area contributed by atoms with Gasteiger partial charge in [0.1, 0.15) is 17.8 Å². The van der Waals surface area contributed by atoms with Gasteiger partial charge in [-0.15, -0.1) is 11.0 Å². The third-order valence-corrected chi connectivity index (χ3v) is 4.88. The molecule has 0 radical (unpaired) electrons. The van der Waals surface area contributed by atoms with Crippen molar-refractivity contribution in [3.05, 3.63) is 68.1 Å². The minimum Gasteiger partial charge on any atom is -0.542 e. The van der Waals surface area contributed by atoms with Crippen LogP contribution in [0, 0.1) is 15.9 Å². The number of rotatable bonds is 9. The van der Waals surface area contributed by atoms with E-state index in [2.05, 4.69) is 5.32 Å². The van der Waals surface area contributed by atoms with Gasteiger partial charge in [-0.25, -0.2) is 4.39 Å². The summed E-state index contributed by atoms with van der Waals surface area (Å²) in [5, 5.41) is 14.0. The quantitative estimate of drug-likeness (QED) is 0.105. The van der Waals surface area contributed by atoms with Gasteiger partial charge in [0.2, 0.25) is 5.78 Å². The SMILES string of the molecule is CC[C@@H](NC(C)C[C-]=O)c1ccc(Cl)c(C(=O)c2ccc([N+](=O)[O-])[n+](C)c2)c1F.[Li+].[OH3+]. The summed E-state index contributed by atoms with van der Waals surface area (Å²) in [5.74, 6) is -1.65. The van der Waals surface area contributed by atoms with E-state index in [1.165, 1.54) is 42.1 Å². The predicted octanol–water partition coefficient (Wildman–Crippen LogP) is -0.546. The van der Waals surface area contributed by atoms with Gasteiger partial charge < -0.3 is 15.6 Å². The number of hydrogen-bond donors (Lipinski definition) is 1. The first-order chi connectivity index (χ1) is 13.7. The van der Waals surface area contributed by atoms with Crippen LogP contribution in [0.15, 0.2) is 30.5 Å². The molecule has 2 aromatic rings. The van der Waals surface area contributed by atoms with E-state index in [-0.39, 0.29) is 64.3 Å². The summed E-state index contributed by atoms with van der Waals surface area (Å²) in [5.41, 5.74) is 0.0261. The van der Waals surface area contributed by atoms with E-state index in [4.69, 9.17) is 11.6 Å². The molecule has 2 rings (SSSR count). The summed E-state index contributed by atoms with van der Waals surface area (Å²) in [7, 11) is 1.42. The van der Waals surface area contributed by atoms with Crippen molar-refractivity contribution in [1.29, 1.82) is 0 Å². The van der Waals surface area contributed by atoms with Crippen LogP contribution in [0.4, 0.5) is 10.2 Å². The fraction of sp³-hybridized carbons (Fsp3) is 0.350. The van der Waals surface area contributed by atoms with Crippen LogP contribution in [0.5, 0.6) is 0 Å². The molecule has 31 heavy (non-hydrogen) atoms. The second kappa shape index (κ2) is 12.6. The largest absolute Gasteiger partial charge is 1.00 e. The second-order valence-electron chi connectivity index (χ2n) is 6.68. The Bertz CT molecular complexity index is 961. The van der Waals surface area contributed by atoms with Crippen LogP contribution < -0.4 is 28.7 Å². The smallest absolute Gasteiger partial charge is 0.542 e. The van der Waals surface area contributed by atoms with Gasteiger partial charge in [0.25, 0.3) is 0 Å². The number of aromatic nitrogens is 1. The van der Waals surface area contributed by atoms with Crippen molar-refractivity contribution >= 4 is 29.5 Å². The van der Waals surface area contributed by atoms with Crippen LogP contribution in [0.25, 0.3) is 0 Å². The number of halogens is 2. The summed E-state index contributed by atoms with van der Waals surface area (Å²) in [4.78, 5) is 33.9. The van der Waals surface area contributed by atoms with Crippen LogP contribution in [-0.4, -0.2) is 23.0 Å². The first kappa shape index (κ1) is 28.8. The van der Waals surface area contributed by atoms with E-state index >= 15 is 4.39 Å². The van der Waals surface area contributed by atoms with Crippen molar-refractivity contribution in [2.75, 3.05) is 0 Å². The van der Waals surface area contributed by atoms with Crippen molar-refractivity contribution < 1.29 is 47.8 Å². The number of aryl methyl sites for hydroxylation is 1. The van der Waals surface area contributed by atoms with Crippen LogP contribution in [0.2, 0.25) is 5.02 Å². The monoisotopic (exact) mass is 447 g/mol. The van der Waals surface area contributed by atoms with Crippen LogP contribution >= 0.6 is 11.6 Å². The number of pyridine rings is 1. The Morgan fingerprint density at radius 2 is 2.00 bits per heavy atom. The first-order valence-electron chi connectivity index (χ1n) is 8.98. The molecular weight excluding hydrogens is 424 g/mol. The Morgan fingerprint density at radius 1 is 1.35 bits per heavy atom. The normalized spacial score (nSPS) is 12.2. The molecule has 1 unspecified atom stereocenters. The summed E-state index contributed by atoms with van der Waals surface area (Å²) in [6.07, 6.45) is 3.74. The molecule has 4 N–H and O–H groups in total. The Labute approximate surface area is 196 Å². The third-order valence-electron chi connectivity index (χ3n) is 4.56. The maximum Gasteiger partial charge on any atom is 1.00 e. The molecule has 1 heterocycles. The Balaban J connectivity index is 0.00000450. The summed E-state index contributed by atoms with van der Waals surface area (Å²) in [6.45, 7) is 3.63. The van der Waals surface area contributed by atoms with Gasteiger partial charge in [0.05, 0.1) is 22.2 Å². The maximum absolute atomic E-state index is 15.3. The zero-order valence-electron chi connectivity index (χ0n) is 17.8. The van der Waals surface area contributed by atoms with E-state index in [0.717, 1.165) is 0 Å². The number of nitrogens with zero attached hydrogens (tertiary/aromatic N) is 2.